The molecule has 2 heterocycles. The molecule has 7 heteroatoms. The zero-order valence-electron chi connectivity index (χ0n) is 16.8. The number of aromatic amines is 1. The molecule has 0 bridgehead atoms. The lowest BCUT2D eigenvalue weighted by molar-refractivity contribution is 0.0955. The van der Waals surface area contributed by atoms with Gasteiger partial charge >= 0.3 is 0 Å². The third-order valence-electron chi connectivity index (χ3n) is 5.28. The van der Waals surface area contributed by atoms with Gasteiger partial charge in [0.2, 0.25) is 0 Å². The summed E-state index contributed by atoms with van der Waals surface area (Å²) in [7, 11) is 1.95. The van der Waals surface area contributed by atoms with E-state index < -0.39 is 5.82 Å². The fourth-order valence-electron chi connectivity index (χ4n) is 3.48. The minimum Gasteiger partial charge on any atom is -0.352 e. The summed E-state index contributed by atoms with van der Waals surface area (Å²) < 4.78 is 16.5. The summed E-state index contributed by atoms with van der Waals surface area (Å²) in [5, 5.41) is 11.2. The van der Waals surface area contributed by atoms with E-state index in [1.54, 1.807) is 19.2 Å². The number of carbonyl (C=O) groups is 1. The molecule has 0 aliphatic rings. The molecular formula is C22H22FN5O. The van der Waals surface area contributed by atoms with Crippen LogP contribution in [-0.4, -0.2) is 32.2 Å². The Morgan fingerprint density at radius 2 is 2.03 bits per heavy atom. The number of hydrogen-bond acceptors (Lipinski definition) is 3. The standard InChI is InChI=1S/C22H22FN5O/c1-5-24-22(29)15-8-17(12(2)18(23)9-15)14-6-7-16-19(10-14)26-27-21(16)20-11-25-13(3)28(20)4/h6-11H,5H2,1-4H3,(H,24,29)(H,26,27). The molecule has 0 fully saturated rings. The normalized spacial score (nSPS) is 11.2. The average Bonchev–Trinajstić information content (AvgIpc) is 3.26. The lowest BCUT2D eigenvalue weighted by atomic mass is 9.96. The number of amides is 1. The van der Waals surface area contributed by atoms with Crippen molar-refractivity contribution in [1.29, 1.82) is 0 Å². The zero-order chi connectivity index (χ0) is 20.7. The van der Waals surface area contributed by atoms with E-state index in [1.807, 2.05) is 43.7 Å². The SMILES string of the molecule is CCNC(=O)c1cc(F)c(C)c(-c2ccc3c(-c4cnc(C)n4C)n[nH]c3c2)c1. The Morgan fingerprint density at radius 1 is 1.24 bits per heavy atom. The molecule has 4 rings (SSSR count). The molecule has 6 nitrogen and oxygen atoms in total. The first-order valence-electron chi connectivity index (χ1n) is 9.46. The topological polar surface area (TPSA) is 75.6 Å². The summed E-state index contributed by atoms with van der Waals surface area (Å²) >= 11 is 0. The van der Waals surface area contributed by atoms with Gasteiger partial charge < -0.3 is 9.88 Å². The van der Waals surface area contributed by atoms with Crippen LogP contribution in [0.5, 0.6) is 0 Å². The van der Waals surface area contributed by atoms with Crippen LogP contribution in [0.2, 0.25) is 0 Å². The minimum absolute atomic E-state index is 0.288. The van der Waals surface area contributed by atoms with Gasteiger partial charge in [-0.05, 0) is 61.7 Å². The number of fused-ring (bicyclic) bond motifs is 1. The molecule has 2 aromatic carbocycles. The number of carbonyl (C=O) groups excluding carboxylic acids is 1. The van der Waals surface area contributed by atoms with Crippen LogP contribution in [0.1, 0.15) is 28.7 Å². The highest BCUT2D eigenvalue weighted by Crippen LogP contribution is 2.32. The third-order valence-corrected chi connectivity index (χ3v) is 5.28. The quantitative estimate of drug-likeness (QED) is 0.549. The van der Waals surface area contributed by atoms with Crippen molar-refractivity contribution in [3.63, 3.8) is 0 Å². The Morgan fingerprint density at radius 3 is 2.72 bits per heavy atom. The van der Waals surface area contributed by atoms with E-state index in [0.29, 0.717) is 23.2 Å². The molecule has 0 atom stereocenters. The Labute approximate surface area is 167 Å². The predicted octanol–water partition coefficient (Wildman–Crippen LogP) is 4.14. The molecule has 0 aliphatic carbocycles. The van der Waals surface area contributed by atoms with E-state index in [2.05, 4.69) is 20.5 Å². The maximum Gasteiger partial charge on any atom is 0.251 e. The monoisotopic (exact) mass is 391 g/mol. The summed E-state index contributed by atoms with van der Waals surface area (Å²) in [5.74, 6) is 0.213. The molecular weight excluding hydrogens is 369 g/mol. The largest absolute Gasteiger partial charge is 0.352 e. The van der Waals surface area contributed by atoms with Crippen molar-refractivity contribution >= 4 is 16.8 Å². The summed E-state index contributed by atoms with van der Waals surface area (Å²) in [6.07, 6.45) is 1.80. The van der Waals surface area contributed by atoms with E-state index >= 15 is 0 Å². The number of benzene rings is 2. The molecule has 2 aromatic heterocycles. The van der Waals surface area contributed by atoms with Gasteiger partial charge in [0, 0.05) is 24.5 Å². The smallest absolute Gasteiger partial charge is 0.251 e. The summed E-state index contributed by atoms with van der Waals surface area (Å²) in [5.41, 5.74) is 4.87. The van der Waals surface area contributed by atoms with Crippen LogP contribution in [0.25, 0.3) is 33.4 Å². The number of nitrogens with zero attached hydrogens (tertiary/aromatic N) is 3. The zero-order valence-corrected chi connectivity index (χ0v) is 16.8. The van der Waals surface area contributed by atoms with Crippen LogP contribution < -0.4 is 5.32 Å². The van der Waals surface area contributed by atoms with Gasteiger partial charge in [-0.3, -0.25) is 9.89 Å². The molecule has 0 saturated heterocycles. The van der Waals surface area contributed by atoms with Crippen molar-refractivity contribution in [3.05, 3.63) is 59.3 Å². The molecule has 29 heavy (non-hydrogen) atoms. The molecule has 0 saturated carbocycles. The first-order valence-corrected chi connectivity index (χ1v) is 9.46. The van der Waals surface area contributed by atoms with Gasteiger partial charge in [0.1, 0.15) is 17.3 Å². The molecule has 148 valence electrons. The van der Waals surface area contributed by atoms with Crippen LogP contribution >= 0.6 is 0 Å². The van der Waals surface area contributed by atoms with Crippen molar-refractivity contribution in [2.45, 2.75) is 20.8 Å². The van der Waals surface area contributed by atoms with Gasteiger partial charge in [-0.25, -0.2) is 9.37 Å². The highest BCUT2D eigenvalue weighted by atomic mass is 19.1. The number of H-pyrrole nitrogens is 1. The Bertz CT molecular complexity index is 1240. The average molecular weight is 391 g/mol. The van der Waals surface area contributed by atoms with Crippen molar-refractivity contribution in [1.82, 2.24) is 25.1 Å². The Hall–Kier alpha value is -3.48. The molecule has 0 spiro atoms. The van der Waals surface area contributed by atoms with Crippen molar-refractivity contribution in [3.8, 4) is 22.5 Å². The molecule has 0 radical (unpaired) electrons. The van der Waals surface area contributed by atoms with Gasteiger partial charge in [-0.1, -0.05) is 6.07 Å². The van der Waals surface area contributed by atoms with Gasteiger partial charge in [0.15, 0.2) is 0 Å². The van der Waals surface area contributed by atoms with E-state index in [-0.39, 0.29) is 5.91 Å². The second kappa shape index (κ2) is 7.16. The van der Waals surface area contributed by atoms with E-state index in [0.717, 1.165) is 33.7 Å². The van der Waals surface area contributed by atoms with Crippen LogP contribution in [0.15, 0.2) is 36.5 Å². The van der Waals surface area contributed by atoms with Crippen LogP contribution in [-0.2, 0) is 7.05 Å². The molecule has 2 N–H and O–H groups in total. The van der Waals surface area contributed by atoms with Crippen molar-refractivity contribution in [2.24, 2.45) is 7.05 Å². The predicted molar refractivity (Wildman–Crippen MR) is 111 cm³/mol. The number of nitrogens with one attached hydrogen (secondary N) is 2. The van der Waals surface area contributed by atoms with Crippen molar-refractivity contribution in [2.75, 3.05) is 6.54 Å². The number of rotatable bonds is 4. The maximum atomic E-state index is 14.5. The highest BCUT2D eigenvalue weighted by Gasteiger charge is 2.16. The Balaban J connectivity index is 1.82. The maximum absolute atomic E-state index is 14.5. The third kappa shape index (κ3) is 3.18. The van der Waals surface area contributed by atoms with Gasteiger partial charge in [-0.15, -0.1) is 0 Å². The minimum atomic E-state index is -0.403. The fourth-order valence-corrected chi connectivity index (χ4v) is 3.48. The van der Waals surface area contributed by atoms with E-state index in [4.69, 9.17) is 0 Å². The van der Waals surface area contributed by atoms with Crippen molar-refractivity contribution < 1.29 is 9.18 Å². The van der Waals surface area contributed by atoms with Gasteiger partial charge in [-0.2, -0.15) is 5.10 Å². The second-order valence-electron chi connectivity index (χ2n) is 7.07. The number of aromatic nitrogens is 4. The van der Waals surface area contributed by atoms with E-state index in [9.17, 15) is 9.18 Å². The lowest BCUT2D eigenvalue weighted by Gasteiger charge is -2.11. The van der Waals surface area contributed by atoms with Crippen LogP contribution in [0, 0.1) is 19.7 Å². The van der Waals surface area contributed by atoms with E-state index in [1.165, 1.54) is 6.07 Å². The summed E-state index contributed by atoms with van der Waals surface area (Å²) in [6, 6.07) is 8.82. The summed E-state index contributed by atoms with van der Waals surface area (Å²) in [6.45, 7) is 5.97. The first-order chi connectivity index (χ1) is 13.9. The molecule has 0 unspecified atom stereocenters. The van der Waals surface area contributed by atoms with Crippen LogP contribution in [0.4, 0.5) is 4.39 Å². The molecule has 1 amide bonds. The number of imidazole rings is 1. The second-order valence-corrected chi connectivity index (χ2v) is 7.07. The molecule has 4 aromatic rings. The number of hydrogen-bond donors (Lipinski definition) is 2. The fraction of sp³-hybridized carbons (Fsp3) is 0.227. The highest BCUT2D eigenvalue weighted by molar-refractivity contribution is 5.97. The summed E-state index contributed by atoms with van der Waals surface area (Å²) in [4.78, 5) is 16.5. The Kier molecular flexibility index (Phi) is 4.66. The van der Waals surface area contributed by atoms with Crippen LogP contribution in [0.3, 0.4) is 0 Å². The van der Waals surface area contributed by atoms with Gasteiger partial charge in [0.25, 0.3) is 5.91 Å². The first kappa shape index (κ1) is 18.9. The molecule has 0 aliphatic heterocycles. The number of aryl methyl sites for hydroxylation is 1. The number of halogens is 1. The van der Waals surface area contributed by atoms with Gasteiger partial charge in [0.05, 0.1) is 17.4 Å². The lowest BCUT2D eigenvalue weighted by Crippen LogP contribution is -2.22.